The van der Waals surface area contributed by atoms with Gasteiger partial charge in [-0.25, -0.2) is 0 Å². The van der Waals surface area contributed by atoms with Gasteiger partial charge in [0.25, 0.3) is 0 Å². The molecule has 0 spiro atoms. The molecule has 86 heavy (non-hydrogen) atoms. The van der Waals surface area contributed by atoms with E-state index in [4.69, 9.17) is 5.11 Å². The molecule has 4 rings (SSSR count). The molecule has 0 radical (unpaired) electrons. The zero-order valence-electron chi connectivity index (χ0n) is 52.5. The molecule has 0 aromatic carbocycles. The Kier molecular flexibility index (Phi) is 24.2. The van der Waals surface area contributed by atoms with E-state index < -0.39 is 147 Å². The summed E-state index contributed by atoms with van der Waals surface area (Å²) in [6, 6.07) is -3.83. The summed E-state index contributed by atoms with van der Waals surface area (Å²) in [4.78, 5) is 191. The Morgan fingerprint density at radius 3 is 1.48 bits per heavy atom. The molecular formula is C58H95N13O15. The van der Waals surface area contributed by atoms with Gasteiger partial charge in [-0.2, -0.15) is 0 Å². The minimum Gasteiger partial charge on any atom is -0.480 e. The SMILES string of the molecule is CC[C@](C)(NC(=O)[C@@H]1CCCCN1C(=O)C(C)(C)NC(=O)[C@@H]1CCCCN1C(C)=O)C(=O)NC(C)(C)C(=O)N[C@@H](CC(C)C)C(=O)NCCC(=O)NCC(=O)NC1(C(=O)NC(C)(C)C(=O)N2CCCC[C@H]2C(=O)NC(C)(C)C(=O)NCC(=O)O)CC1. The van der Waals surface area contributed by atoms with Crippen molar-refractivity contribution in [2.75, 3.05) is 39.3 Å². The second-order valence-electron chi connectivity index (χ2n) is 26.0. The summed E-state index contributed by atoms with van der Waals surface area (Å²) in [6.07, 6.45) is 5.33. The first-order valence-corrected chi connectivity index (χ1v) is 30.0. The normalized spacial score (nSPS) is 19.8. The van der Waals surface area contributed by atoms with Crippen molar-refractivity contribution < 1.29 is 72.2 Å². The van der Waals surface area contributed by atoms with E-state index in [1.165, 1.54) is 70.1 Å². The van der Waals surface area contributed by atoms with Crippen LogP contribution in [-0.4, -0.2) is 199 Å². The molecule has 0 unspecified atom stereocenters. The Hall–Kier alpha value is -7.42. The van der Waals surface area contributed by atoms with Crippen LogP contribution in [0.3, 0.4) is 0 Å². The number of nitrogens with zero attached hydrogens (tertiary/aromatic N) is 3. The van der Waals surface area contributed by atoms with E-state index in [0.717, 1.165) is 12.8 Å². The molecule has 0 aromatic rings. The molecule has 3 saturated heterocycles. The zero-order chi connectivity index (χ0) is 64.9. The Labute approximate surface area is 503 Å². The van der Waals surface area contributed by atoms with Gasteiger partial charge in [-0.05, 0) is 152 Å². The van der Waals surface area contributed by atoms with Crippen LogP contribution in [0.15, 0.2) is 0 Å². The number of hydrogen-bond acceptors (Lipinski definition) is 14. The van der Waals surface area contributed by atoms with E-state index in [0.29, 0.717) is 38.6 Å². The maximum atomic E-state index is 14.2. The number of carboxylic acid groups (broad SMARTS) is 1. The lowest BCUT2D eigenvalue weighted by atomic mass is 9.91. The Balaban J connectivity index is 1.27. The van der Waals surface area contributed by atoms with Gasteiger partial charge < -0.3 is 73.0 Å². The second-order valence-corrected chi connectivity index (χ2v) is 26.0. The Bertz CT molecular complexity index is 2620. The van der Waals surface area contributed by atoms with Crippen LogP contribution in [-0.2, 0) is 67.1 Å². The van der Waals surface area contributed by atoms with E-state index in [-0.39, 0.29) is 76.4 Å². The molecule has 13 amide bonds. The van der Waals surface area contributed by atoms with Crippen molar-refractivity contribution in [2.45, 2.75) is 237 Å². The monoisotopic (exact) mass is 1210 g/mol. The van der Waals surface area contributed by atoms with Crippen LogP contribution in [0.1, 0.15) is 180 Å². The maximum absolute atomic E-state index is 14.2. The summed E-state index contributed by atoms with van der Waals surface area (Å²) in [7, 11) is 0. The van der Waals surface area contributed by atoms with E-state index >= 15 is 0 Å². The highest BCUT2D eigenvalue weighted by Crippen LogP contribution is 2.36. The largest absolute Gasteiger partial charge is 0.480 e. The summed E-state index contributed by atoms with van der Waals surface area (Å²) >= 11 is 0. The fourth-order valence-corrected chi connectivity index (χ4v) is 10.6. The molecule has 4 aliphatic rings. The lowest BCUT2D eigenvalue weighted by Crippen LogP contribution is -2.67. The minimum atomic E-state index is -1.64. The van der Waals surface area contributed by atoms with Crippen molar-refractivity contribution in [1.82, 2.24) is 67.9 Å². The van der Waals surface area contributed by atoms with Gasteiger partial charge in [-0.3, -0.25) is 67.1 Å². The fourth-order valence-electron chi connectivity index (χ4n) is 10.6. The Morgan fingerprint density at radius 2 is 1.00 bits per heavy atom. The highest BCUT2D eigenvalue weighted by Gasteiger charge is 2.54. The van der Waals surface area contributed by atoms with E-state index in [1.54, 1.807) is 20.8 Å². The summed E-state index contributed by atoms with van der Waals surface area (Å²) in [6.45, 7) is 19.4. The van der Waals surface area contributed by atoms with Gasteiger partial charge in [0, 0.05) is 39.5 Å². The summed E-state index contributed by atoms with van der Waals surface area (Å²) in [5, 5.41) is 35.3. The summed E-state index contributed by atoms with van der Waals surface area (Å²) in [5.41, 5.74) is -9.13. The molecule has 5 atom stereocenters. The van der Waals surface area contributed by atoms with E-state index in [2.05, 4.69) is 53.2 Å². The third-order valence-corrected chi connectivity index (χ3v) is 16.3. The van der Waals surface area contributed by atoms with Gasteiger partial charge in [0.2, 0.25) is 76.8 Å². The number of rotatable bonds is 27. The topological polar surface area (TPSA) is 389 Å². The molecule has 28 heteroatoms. The van der Waals surface area contributed by atoms with Gasteiger partial charge in [0.15, 0.2) is 0 Å². The van der Waals surface area contributed by atoms with Crippen LogP contribution in [0, 0.1) is 5.92 Å². The fraction of sp³-hybridized carbons (Fsp3) is 0.759. The van der Waals surface area contributed by atoms with E-state index in [9.17, 15) is 67.1 Å². The molecule has 0 aromatic heterocycles. The van der Waals surface area contributed by atoms with Crippen molar-refractivity contribution in [2.24, 2.45) is 5.92 Å². The van der Waals surface area contributed by atoms with Gasteiger partial charge >= 0.3 is 5.97 Å². The number of piperidine rings is 3. The standard InChI is InChI=1S/C58H95N13O15/c1-14-57(13,66-46(80)39-23-17-20-30-71(39)51(85)55(9,10)65-44(78)37-21-15-18-28-69(37)35(4)72)49(83)67-54(7,8)48(82)62-36(31-34(2)3)43(77)59-27-24-40(73)60-32-41(74)63-58(25-26-58)50(84)68-56(11,12)52(86)70-29-19-16-22-38(70)45(79)64-53(5,6)47(81)61-33-42(75)76/h34,36-39H,14-33H2,1-13H3,(H,59,77)(H,60,73)(H,61,81)(H,62,82)(H,63,74)(H,64,79)(H,65,78)(H,66,80)(H,67,83)(H,68,84)(H,75,76)/t36-,37-,38-,39-,57-/m0/s1. The lowest BCUT2D eigenvalue weighted by Gasteiger charge is -2.42. The van der Waals surface area contributed by atoms with Crippen molar-refractivity contribution in [3.63, 3.8) is 0 Å². The molecular weight excluding hydrogens is 1120 g/mol. The molecule has 3 heterocycles. The van der Waals surface area contributed by atoms with Crippen molar-refractivity contribution in [1.29, 1.82) is 0 Å². The number of aliphatic carboxylic acids is 1. The zero-order valence-corrected chi connectivity index (χ0v) is 52.5. The molecule has 3 aliphatic heterocycles. The smallest absolute Gasteiger partial charge is 0.322 e. The lowest BCUT2D eigenvalue weighted by molar-refractivity contribution is -0.151. The van der Waals surface area contributed by atoms with Crippen molar-refractivity contribution in [3.8, 4) is 0 Å². The number of carbonyl (C=O) groups excluding carboxylic acids is 13. The van der Waals surface area contributed by atoms with Crippen LogP contribution in [0.2, 0.25) is 0 Å². The van der Waals surface area contributed by atoms with Crippen LogP contribution < -0.4 is 53.2 Å². The average molecular weight is 1210 g/mol. The minimum absolute atomic E-state index is 0.0766. The molecule has 28 nitrogen and oxygen atoms in total. The second kappa shape index (κ2) is 29.3. The highest BCUT2D eigenvalue weighted by atomic mass is 16.4. The number of likely N-dealkylation sites (tertiary alicyclic amines) is 3. The molecule has 4 fully saturated rings. The van der Waals surface area contributed by atoms with Crippen molar-refractivity contribution in [3.05, 3.63) is 0 Å². The summed E-state index contributed by atoms with van der Waals surface area (Å²) in [5.74, 6) is -9.20. The molecule has 1 aliphatic carbocycles. The highest BCUT2D eigenvalue weighted by molar-refractivity contribution is 6.02. The van der Waals surface area contributed by atoms with Crippen LogP contribution >= 0.6 is 0 Å². The predicted molar refractivity (Wildman–Crippen MR) is 312 cm³/mol. The number of hydrogen-bond donors (Lipinski definition) is 11. The third-order valence-electron chi connectivity index (χ3n) is 16.3. The third kappa shape index (κ3) is 19.0. The van der Waals surface area contributed by atoms with Gasteiger partial charge in [0.05, 0.1) is 6.54 Å². The molecule has 11 N–H and O–H groups in total. The van der Waals surface area contributed by atoms with Gasteiger partial charge in [-0.1, -0.05) is 20.8 Å². The van der Waals surface area contributed by atoms with Crippen molar-refractivity contribution >= 4 is 82.8 Å². The average Bonchev–Trinajstić information content (AvgIpc) is 1.82. The number of amides is 13. The quantitative estimate of drug-likeness (QED) is 0.0471. The predicted octanol–water partition coefficient (Wildman–Crippen LogP) is -0.983. The number of carboxylic acids is 1. The molecule has 0 bridgehead atoms. The maximum Gasteiger partial charge on any atom is 0.322 e. The first-order valence-electron chi connectivity index (χ1n) is 30.0. The summed E-state index contributed by atoms with van der Waals surface area (Å²) < 4.78 is 0. The van der Waals surface area contributed by atoms with Crippen LogP contribution in [0.25, 0.3) is 0 Å². The van der Waals surface area contributed by atoms with Crippen LogP contribution in [0.5, 0.6) is 0 Å². The Morgan fingerprint density at radius 1 is 0.535 bits per heavy atom. The molecule has 482 valence electrons. The van der Waals surface area contributed by atoms with Gasteiger partial charge in [-0.15, -0.1) is 0 Å². The van der Waals surface area contributed by atoms with E-state index in [1.807, 2.05) is 13.8 Å². The number of carbonyl (C=O) groups is 14. The van der Waals surface area contributed by atoms with Crippen LogP contribution in [0.4, 0.5) is 0 Å². The first-order chi connectivity index (χ1) is 39.8. The van der Waals surface area contributed by atoms with Gasteiger partial charge in [0.1, 0.15) is 63.9 Å². The number of nitrogens with one attached hydrogen (secondary N) is 10. The first kappa shape index (κ1) is 71.1. The molecule has 1 saturated carbocycles.